The van der Waals surface area contributed by atoms with Crippen molar-refractivity contribution in [2.24, 2.45) is 0 Å². The molecule has 1 aromatic carbocycles. The first-order valence-corrected chi connectivity index (χ1v) is 6.62. The summed E-state index contributed by atoms with van der Waals surface area (Å²) in [6, 6.07) is 8.93. The lowest BCUT2D eigenvalue weighted by atomic mass is 10.0. The van der Waals surface area contributed by atoms with Crippen molar-refractivity contribution in [3.8, 4) is 17.0 Å². The van der Waals surface area contributed by atoms with E-state index in [1.54, 1.807) is 19.2 Å². The molecular weight excluding hydrogens is 266 g/mol. The number of aromatic amines is 1. The van der Waals surface area contributed by atoms with E-state index in [1.807, 2.05) is 37.3 Å². The highest BCUT2D eigenvalue weighted by molar-refractivity contribution is 5.93. The molecule has 2 aromatic rings. The van der Waals surface area contributed by atoms with Gasteiger partial charge in [-0.3, -0.25) is 9.59 Å². The number of nitrogens with one attached hydrogen (secondary N) is 1. The number of ketones is 1. The molecule has 0 amide bonds. The van der Waals surface area contributed by atoms with Crippen molar-refractivity contribution in [2.75, 3.05) is 7.11 Å². The molecule has 1 aromatic heterocycles. The van der Waals surface area contributed by atoms with Gasteiger partial charge in [-0.15, -0.1) is 0 Å². The molecule has 1 heterocycles. The van der Waals surface area contributed by atoms with Gasteiger partial charge in [0.25, 0.3) is 5.56 Å². The van der Waals surface area contributed by atoms with Crippen molar-refractivity contribution < 1.29 is 9.53 Å². The number of ether oxygens (including phenoxy) is 1. The molecule has 1 N–H and O–H groups in total. The zero-order valence-corrected chi connectivity index (χ0v) is 12.3. The van der Waals surface area contributed by atoms with Gasteiger partial charge in [-0.2, -0.15) is 0 Å². The molecule has 21 heavy (non-hydrogen) atoms. The maximum atomic E-state index is 11.9. The fourth-order valence-electron chi connectivity index (χ4n) is 2.13. The molecule has 0 saturated carbocycles. The molecule has 108 valence electrons. The van der Waals surface area contributed by atoms with Crippen LogP contribution in [0.1, 0.15) is 29.8 Å². The van der Waals surface area contributed by atoms with Crippen molar-refractivity contribution in [1.29, 1.82) is 0 Å². The average Bonchev–Trinajstić information content (AvgIpc) is 2.47. The lowest BCUT2D eigenvalue weighted by Crippen LogP contribution is -2.15. The van der Waals surface area contributed by atoms with Crippen LogP contribution in [0.5, 0.6) is 5.75 Å². The largest absolute Gasteiger partial charge is 0.496 e. The van der Waals surface area contributed by atoms with Gasteiger partial charge in [0, 0.05) is 11.3 Å². The van der Waals surface area contributed by atoms with Gasteiger partial charge >= 0.3 is 0 Å². The Kier molecular flexibility index (Phi) is 4.38. The number of H-pyrrole nitrogens is 1. The third-order valence-corrected chi connectivity index (χ3v) is 3.18. The second-order valence-corrected chi connectivity index (χ2v) is 4.63. The van der Waals surface area contributed by atoms with E-state index in [-0.39, 0.29) is 16.9 Å². The second kappa shape index (κ2) is 6.22. The monoisotopic (exact) mass is 283 g/mol. The third kappa shape index (κ3) is 3.11. The Bertz CT molecular complexity index is 757. The number of hydrogen-bond acceptors (Lipinski definition) is 3. The Labute approximate surface area is 123 Å². The number of Topliss-reactive ketones (excluding diaryl/α,β-unsaturated/α-hetero) is 1. The van der Waals surface area contributed by atoms with E-state index < -0.39 is 0 Å². The van der Waals surface area contributed by atoms with E-state index in [4.69, 9.17) is 4.74 Å². The lowest BCUT2D eigenvalue weighted by molar-refractivity contribution is 0.101. The standard InChI is InChI=1S/C17H17NO3/c1-4-5-13-10-12(6-9-16(13)21-3)15-8-7-14(11(2)19)17(20)18-15/h4-10H,1-3H3,(H,18,20)/b5-4+. The van der Waals surface area contributed by atoms with Crippen molar-refractivity contribution in [3.63, 3.8) is 0 Å². The number of allylic oxidation sites excluding steroid dienone is 1. The highest BCUT2D eigenvalue weighted by Gasteiger charge is 2.08. The van der Waals surface area contributed by atoms with E-state index in [9.17, 15) is 9.59 Å². The summed E-state index contributed by atoms with van der Waals surface area (Å²) in [5.41, 5.74) is 2.24. The molecule has 0 spiro atoms. The Morgan fingerprint density at radius 3 is 2.57 bits per heavy atom. The predicted octanol–water partition coefficient (Wildman–Crippen LogP) is 3.29. The number of carbonyl (C=O) groups is 1. The fourth-order valence-corrected chi connectivity index (χ4v) is 2.13. The summed E-state index contributed by atoms with van der Waals surface area (Å²) in [6.45, 7) is 3.30. The summed E-state index contributed by atoms with van der Waals surface area (Å²) in [4.78, 5) is 25.9. The summed E-state index contributed by atoms with van der Waals surface area (Å²) in [5.74, 6) is 0.520. The van der Waals surface area contributed by atoms with Crippen LogP contribution >= 0.6 is 0 Å². The molecule has 2 rings (SSSR count). The maximum absolute atomic E-state index is 11.9. The molecule has 0 radical (unpaired) electrons. The summed E-state index contributed by atoms with van der Waals surface area (Å²) >= 11 is 0. The Hall–Kier alpha value is -2.62. The number of rotatable bonds is 4. The summed E-state index contributed by atoms with van der Waals surface area (Å²) in [6.07, 6.45) is 3.85. The number of hydrogen-bond donors (Lipinski definition) is 1. The van der Waals surface area contributed by atoms with E-state index in [2.05, 4.69) is 4.98 Å². The lowest BCUT2D eigenvalue weighted by Gasteiger charge is -2.08. The molecule has 0 fully saturated rings. The zero-order chi connectivity index (χ0) is 15.4. The van der Waals surface area contributed by atoms with E-state index in [0.29, 0.717) is 5.69 Å². The smallest absolute Gasteiger partial charge is 0.259 e. The van der Waals surface area contributed by atoms with Crippen LogP contribution in [-0.4, -0.2) is 17.9 Å². The maximum Gasteiger partial charge on any atom is 0.259 e. The van der Waals surface area contributed by atoms with Crippen LogP contribution in [-0.2, 0) is 0 Å². The van der Waals surface area contributed by atoms with Gasteiger partial charge in [0.05, 0.1) is 12.7 Å². The van der Waals surface area contributed by atoms with Crippen LogP contribution < -0.4 is 10.3 Å². The molecule has 0 aliphatic heterocycles. The van der Waals surface area contributed by atoms with Gasteiger partial charge in [-0.25, -0.2) is 0 Å². The van der Waals surface area contributed by atoms with Crippen molar-refractivity contribution >= 4 is 11.9 Å². The van der Waals surface area contributed by atoms with Crippen LogP contribution in [0.15, 0.2) is 41.2 Å². The molecule has 0 atom stereocenters. The Morgan fingerprint density at radius 2 is 2.00 bits per heavy atom. The average molecular weight is 283 g/mol. The number of pyridine rings is 1. The first kappa shape index (κ1) is 14.8. The minimum atomic E-state index is -0.372. The van der Waals surface area contributed by atoms with Gasteiger partial charge in [0.15, 0.2) is 5.78 Å². The SMILES string of the molecule is C/C=C/c1cc(-c2ccc(C(C)=O)c(=O)[nH]2)ccc1OC. The fraction of sp³-hybridized carbons (Fsp3) is 0.176. The summed E-state index contributed by atoms with van der Waals surface area (Å²) < 4.78 is 5.30. The van der Waals surface area contributed by atoms with Crippen LogP contribution in [0.3, 0.4) is 0 Å². The first-order chi connectivity index (χ1) is 10.1. The molecule has 0 aliphatic carbocycles. The molecule has 4 nitrogen and oxygen atoms in total. The topological polar surface area (TPSA) is 59.2 Å². The third-order valence-electron chi connectivity index (χ3n) is 3.18. The van der Waals surface area contributed by atoms with Gasteiger partial charge in [-0.1, -0.05) is 12.2 Å². The highest BCUT2D eigenvalue weighted by atomic mass is 16.5. The van der Waals surface area contributed by atoms with Crippen LogP contribution in [0.4, 0.5) is 0 Å². The van der Waals surface area contributed by atoms with Crippen molar-refractivity contribution in [3.05, 3.63) is 57.9 Å². The summed E-state index contributed by atoms with van der Waals surface area (Å²) in [5, 5.41) is 0. The molecular formula is C17H17NO3. The molecule has 0 saturated heterocycles. The van der Waals surface area contributed by atoms with Gasteiger partial charge in [0.2, 0.25) is 0 Å². The van der Waals surface area contributed by atoms with E-state index in [0.717, 1.165) is 16.9 Å². The molecule has 4 heteroatoms. The molecule has 0 unspecified atom stereocenters. The number of aromatic nitrogens is 1. The van der Waals surface area contributed by atoms with Crippen molar-refractivity contribution in [2.45, 2.75) is 13.8 Å². The highest BCUT2D eigenvalue weighted by Crippen LogP contribution is 2.26. The predicted molar refractivity (Wildman–Crippen MR) is 83.8 cm³/mol. The van der Waals surface area contributed by atoms with Gasteiger partial charge < -0.3 is 9.72 Å². The van der Waals surface area contributed by atoms with Crippen LogP contribution in [0.2, 0.25) is 0 Å². The quantitative estimate of drug-likeness (QED) is 0.876. The normalized spacial score (nSPS) is 10.8. The number of carbonyl (C=O) groups excluding carboxylic acids is 1. The Morgan fingerprint density at radius 1 is 1.24 bits per heavy atom. The zero-order valence-electron chi connectivity index (χ0n) is 12.3. The van der Waals surface area contributed by atoms with E-state index in [1.165, 1.54) is 6.92 Å². The number of methoxy groups -OCH3 is 1. The molecule has 0 bridgehead atoms. The second-order valence-electron chi connectivity index (χ2n) is 4.63. The minimum Gasteiger partial charge on any atom is -0.496 e. The minimum absolute atomic E-state index is 0.168. The Balaban J connectivity index is 2.52. The first-order valence-electron chi connectivity index (χ1n) is 6.62. The number of benzene rings is 1. The van der Waals surface area contributed by atoms with Crippen LogP contribution in [0.25, 0.3) is 17.3 Å². The van der Waals surface area contributed by atoms with E-state index >= 15 is 0 Å². The van der Waals surface area contributed by atoms with Gasteiger partial charge in [-0.05, 0) is 49.7 Å². The summed E-state index contributed by atoms with van der Waals surface area (Å²) in [7, 11) is 1.62. The molecule has 0 aliphatic rings. The van der Waals surface area contributed by atoms with Crippen LogP contribution in [0, 0.1) is 0 Å². The van der Waals surface area contributed by atoms with Crippen molar-refractivity contribution in [1.82, 2.24) is 4.98 Å². The van der Waals surface area contributed by atoms with Gasteiger partial charge in [0.1, 0.15) is 5.75 Å².